The zero-order valence-electron chi connectivity index (χ0n) is 8.78. The van der Waals surface area contributed by atoms with Crippen molar-refractivity contribution in [1.29, 1.82) is 0 Å². The molecule has 0 saturated carbocycles. The van der Waals surface area contributed by atoms with Gasteiger partial charge in [-0.25, -0.2) is 0 Å². The van der Waals surface area contributed by atoms with Gasteiger partial charge in [-0.05, 0) is 25.2 Å². The molecular weight excluding hydrogens is 146 g/mol. The lowest BCUT2D eigenvalue weighted by Gasteiger charge is -2.29. The molecule has 0 radical (unpaired) electrons. The normalized spacial score (nSPS) is 13.4. The molecular formula is C11H21N. The average molecular weight is 167 g/mol. The van der Waals surface area contributed by atoms with Gasteiger partial charge in [-0.2, -0.15) is 0 Å². The fraction of sp³-hybridized carbons (Fsp3) is 0.818. The average Bonchev–Trinajstić information content (AvgIpc) is 2.05. The molecule has 0 aliphatic heterocycles. The second-order valence-electron chi connectivity index (χ2n) is 3.91. The van der Waals surface area contributed by atoms with Crippen molar-refractivity contribution in [2.75, 3.05) is 0 Å². The van der Waals surface area contributed by atoms with Gasteiger partial charge in [0, 0.05) is 12.5 Å². The summed E-state index contributed by atoms with van der Waals surface area (Å²) in [6.07, 6.45) is 3.08. The number of nitrogens with two attached hydrogens (primary N) is 1. The summed E-state index contributed by atoms with van der Waals surface area (Å²) in [6.45, 7) is 8.50. The lowest BCUT2D eigenvalue weighted by Crippen LogP contribution is -2.36. The molecule has 0 rings (SSSR count). The third-order valence-electron chi connectivity index (χ3n) is 2.67. The van der Waals surface area contributed by atoms with Crippen LogP contribution in [0.5, 0.6) is 0 Å². The number of rotatable bonds is 4. The highest BCUT2D eigenvalue weighted by Crippen LogP contribution is 2.25. The molecule has 0 aromatic rings. The highest BCUT2D eigenvalue weighted by molar-refractivity contribution is 4.96. The second kappa shape index (κ2) is 5.22. The quantitative estimate of drug-likeness (QED) is 0.640. The first-order valence-corrected chi connectivity index (χ1v) is 4.69. The van der Waals surface area contributed by atoms with E-state index in [1.165, 1.54) is 0 Å². The molecule has 0 saturated heterocycles. The molecule has 0 aromatic heterocycles. The molecule has 0 amide bonds. The van der Waals surface area contributed by atoms with Crippen LogP contribution in [0.25, 0.3) is 0 Å². The minimum absolute atomic E-state index is 0.259. The molecule has 0 fully saturated rings. The van der Waals surface area contributed by atoms with E-state index >= 15 is 0 Å². The highest BCUT2D eigenvalue weighted by Gasteiger charge is 2.23. The summed E-state index contributed by atoms with van der Waals surface area (Å²) < 4.78 is 0. The molecule has 70 valence electrons. The van der Waals surface area contributed by atoms with Crippen molar-refractivity contribution in [3.8, 4) is 11.8 Å². The van der Waals surface area contributed by atoms with Gasteiger partial charge in [-0.3, -0.25) is 0 Å². The van der Waals surface area contributed by atoms with E-state index in [4.69, 9.17) is 5.73 Å². The van der Waals surface area contributed by atoms with E-state index < -0.39 is 0 Å². The molecule has 0 aliphatic carbocycles. The Hall–Kier alpha value is -0.480. The van der Waals surface area contributed by atoms with Crippen molar-refractivity contribution in [1.82, 2.24) is 0 Å². The van der Waals surface area contributed by atoms with Crippen LogP contribution in [0.2, 0.25) is 0 Å². The summed E-state index contributed by atoms with van der Waals surface area (Å²) in [5, 5.41) is 0. The summed E-state index contributed by atoms with van der Waals surface area (Å²) in [6, 6.07) is 0.281. The standard InChI is InChI=1S/C11H21N/c1-5-7-8-9-10(12)11(3,4)6-2/h10H,6,8-9,12H2,1-4H3. The Morgan fingerprint density at radius 1 is 1.42 bits per heavy atom. The van der Waals surface area contributed by atoms with Gasteiger partial charge >= 0.3 is 0 Å². The molecule has 0 spiro atoms. The third kappa shape index (κ3) is 3.78. The predicted octanol–water partition coefficient (Wildman–Crippen LogP) is 2.55. The van der Waals surface area contributed by atoms with E-state index in [1.54, 1.807) is 0 Å². The molecule has 12 heavy (non-hydrogen) atoms. The molecule has 1 unspecified atom stereocenters. The summed E-state index contributed by atoms with van der Waals surface area (Å²) in [4.78, 5) is 0. The molecule has 0 aliphatic rings. The van der Waals surface area contributed by atoms with Crippen molar-refractivity contribution in [3.05, 3.63) is 0 Å². The minimum Gasteiger partial charge on any atom is -0.327 e. The van der Waals surface area contributed by atoms with Gasteiger partial charge in [0.05, 0.1) is 0 Å². The van der Waals surface area contributed by atoms with Crippen molar-refractivity contribution in [2.45, 2.75) is 53.0 Å². The van der Waals surface area contributed by atoms with Crippen LogP contribution < -0.4 is 5.73 Å². The summed E-state index contributed by atoms with van der Waals surface area (Å²) in [5.74, 6) is 5.93. The second-order valence-corrected chi connectivity index (χ2v) is 3.91. The van der Waals surface area contributed by atoms with Crippen LogP contribution >= 0.6 is 0 Å². The first kappa shape index (κ1) is 11.5. The summed E-state index contributed by atoms with van der Waals surface area (Å²) >= 11 is 0. The van der Waals surface area contributed by atoms with Crippen molar-refractivity contribution >= 4 is 0 Å². The van der Waals surface area contributed by atoms with Crippen LogP contribution in [0.4, 0.5) is 0 Å². The van der Waals surface area contributed by atoms with Gasteiger partial charge in [0.25, 0.3) is 0 Å². The lowest BCUT2D eigenvalue weighted by atomic mass is 9.80. The van der Waals surface area contributed by atoms with Crippen molar-refractivity contribution < 1.29 is 0 Å². The molecule has 0 aromatic carbocycles. The maximum absolute atomic E-state index is 6.03. The van der Waals surface area contributed by atoms with Crippen LogP contribution in [0.3, 0.4) is 0 Å². The predicted molar refractivity (Wildman–Crippen MR) is 54.7 cm³/mol. The van der Waals surface area contributed by atoms with E-state index in [2.05, 4.69) is 32.6 Å². The van der Waals surface area contributed by atoms with Crippen molar-refractivity contribution in [3.63, 3.8) is 0 Å². The van der Waals surface area contributed by atoms with Gasteiger partial charge in [-0.1, -0.05) is 20.8 Å². The van der Waals surface area contributed by atoms with E-state index in [0.717, 1.165) is 19.3 Å². The zero-order chi connectivity index (χ0) is 9.61. The molecule has 1 nitrogen and oxygen atoms in total. The van der Waals surface area contributed by atoms with E-state index in [1.807, 2.05) is 6.92 Å². The Kier molecular flexibility index (Phi) is 5.01. The molecule has 2 N–H and O–H groups in total. The minimum atomic E-state index is 0.259. The van der Waals surface area contributed by atoms with Crippen LogP contribution in [0, 0.1) is 17.3 Å². The zero-order valence-corrected chi connectivity index (χ0v) is 8.78. The van der Waals surface area contributed by atoms with Crippen LogP contribution in [0.15, 0.2) is 0 Å². The molecule has 1 heteroatoms. The van der Waals surface area contributed by atoms with E-state index in [-0.39, 0.29) is 11.5 Å². The van der Waals surface area contributed by atoms with Gasteiger partial charge in [0.15, 0.2) is 0 Å². The van der Waals surface area contributed by atoms with Crippen LogP contribution in [-0.4, -0.2) is 6.04 Å². The SMILES string of the molecule is CC#CCCC(N)C(C)(C)CC. The summed E-state index contributed by atoms with van der Waals surface area (Å²) in [5.41, 5.74) is 6.29. The smallest absolute Gasteiger partial charge is 0.0103 e. The van der Waals surface area contributed by atoms with Crippen LogP contribution in [0.1, 0.15) is 47.0 Å². The van der Waals surface area contributed by atoms with E-state index in [9.17, 15) is 0 Å². The fourth-order valence-electron chi connectivity index (χ4n) is 1.01. The third-order valence-corrected chi connectivity index (χ3v) is 2.67. The topological polar surface area (TPSA) is 26.0 Å². The van der Waals surface area contributed by atoms with Gasteiger partial charge in [0.2, 0.25) is 0 Å². The summed E-state index contributed by atoms with van der Waals surface area (Å²) in [7, 11) is 0. The lowest BCUT2D eigenvalue weighted by molar-refractivity contribution is 0.264. The Labute approximate surface area is 76.7 Å². The monoisotopic (exact) mass is 167 g/mol. The van der Waals surface area contributed by atoms with E-state index in [0.29, 0.717) is 0 Å². The van der Waals surface area contributed by atoms with Crippen molar-refractivity contribution in [2.24, 2.45) is 11.1 Å². The first-order valence-electron chi connectivity index (χ1n) is 4.69. The maximum atomic E-state index is 6.03. The Morgan fingerprint density at radius 2 is 2.00 bits per heavy atom. The first-order chi connectivity index (χ1) is 5.54. The molecule has 0 heterocycles. The Balaban J connectivity index is 3.83. The maximum Gasteiger partial charge on any atom is 0.0103 e. The van der Waals surface area contributed by atoms with Gasteiger partial charge in [-0.15, -0.1) is 11.8 Å². The number of hydrogen-bond acceptors (Lipinski definition) is 1. The molecule has 0 bridgehead atoms. The van der Waals surface area contributed by atoms with Gasteiger partial charge in [0.1, 0.15) is 0 Å². The largest absolute Gasteiger partial charge is 0.327 e. The Bertz CT molecular complexity index is 171. The number of hydrogen-bond donors (Lipinski definition) is 1. The van der Waals surface area contributed by atoms with Crippen LogP contribution in [-0.2, 0) is 0 Å². The fourth-order valence-corrected chi connectivity index (χ4v) is 1.01. The molecule has 1 atom stereocenters. The van der Waals surface area contributed by atoms with Gasteiger partial charge < -0.3 is 5.73 Å². The highest BCUT2D eigenvalue weighted by atomic mass is 14.7. The Morgan fingerprint density at radius 3 is 2.42 bits per heavy atom.